The van der Waals surface area contributed by atoms with Gasteiger partial charge in [0.05, 0.1) is 25.8 Å². The molecule has 34 heavy (non-hydrogen) atoms. The summed E-state index contributed by atoms with van der Waals surface area (Å²) in [6, 6.07) is 14.9. The van der Waals surface area contributed by atoms with Crippen molar-refractivity contribution in [1.29, 1.82) is 0 Å². The van der Waals surface area contributed by atoms with Crippen LogP contribution < -0.4 is 9.47 Å². The van der Waals surface area contributed by atoms with Crippen LogP contribution in [0, 0.1) is 0 Å². The molecule has 0 saturated carbocycles. The number of piperazine rings is 1. The Morgan fingerprint density at radius 2 is 1.79 bits per heavy atom. The Hall–Kier alpha value is -3.43. The van der Waals surface area contributed by atoms with E-state index in [4.69, 9.17) is 18.7 Å². The minimum Gasteiger partial charge on any atom is -0.497 e. The van der Waals surface area contributed by atoms with Gasteiger partial charge in [-0.25, -0.2) is 0 Å². The summed E-state index contributed by atoms with van der Waals surface area (Å²) >= 11 is 0. The van der Waals surface area contributed by atoms with E-state index in [0.29, 0.717) is 62.5 Å². The van der Waals surface area contributed by atoms with E-state index in [0.717, 1.165) is 24.4 Å². The molecule has 9 nitrogen and oxygen atoms in total. The fourth-order valence-electron chi connectivity index (χ4n) is 3.77. The van der Waals surface area contributed by atoms with E-state index < -0.39 is 0 Å². The Morgan fingerprint density at radius 3 is 2.53 bits per heavy atom. The zero-order chi connectivity index (χ0) is 23.8. The Bertz CT molecular complexity index is 1060. The Labute approximate surface area is 199 Å². The van der Waals surface area contributed by atoms with Crippen molar-refractivity contribution >= 4 is 5.91 Å². The summed E-state index contributed by atoms with van der Waals surface area (Å²) in [7, 11) is 1.63. The maximum absolute atomic E-state index is 13.1. The first-order chi connectivity index (χ1) is 16.7. The molecule has 4 rings (SSSR count). The van der Waals surface area contributed by atoms with Gasteiger partial charge in [-0.3, -0.25) is 9.69 Å². The SMILES string of the molecule is CCOCCOc1ccccc1C(=O)N1CCN(Cc2nc(-c3ccc(OC)cc3)no2)CC1. The van der Waals surface area contributed by atoms with Crippen LogP contribution in [0.4, 0.5) is 0 Å². The quantitative estimate of drug-likeness (QED) is 0.421. The molecule has 0 spiro atoms. The van der Waals surface area contributed by atoms with Crippen molar-refractivity contribution in [3.63, 3.8) is 0 Å². The number of methoxy groups -OCH3 is 1. The molecule has 1 aliphatic rings. The van der Waals surface area contributed by atoms with Gasteiger partial charge in [0, 0.05) is 38.3 Å². The topological polar surface area (TPSA) is 90.2 Å². The van der Waals surface area contributed by atoms with Crippen molar-refractivity contribution in [2.75, 3.05) is 53.1 Å². The summed E-state index contributed by atoms with van der Waals surface area (Å²) in [5.74, 6) is 2.45. The van der Waals surface area contributed by atoms with Crippen LogP contribution >= 0.6 is 0 Å². The Balaban J connectivity index is 1.30. The van der Waals surface area contributed by atoms with E-state index >= 15 is 0 Å². The second kappa shape index (κ2) is 11.6. The van der Waals surface area contributed by atoms with Gasteiger partial charge in [0.2, 0.25) is 11.7 Å². The molecule has 0 aliphatic carbocycles. The molecule has 1 amide bonds. The lowest BCUT2D eigenvalue weighted by Gasteiger charge is -2.34. The summed E-state index contributed by atoms with van der Waals surface area (Å²) in [4.78, 5) is 21.7. The molecule has 2 aromatic carbocycles. The van der Waals surface area contributed by atoms with Gasteiger partial charge in [-0.15, -0.1) is 0 Å². The van der Waals surface area contributed by atoms with Gasteiger partial charge in [0.1, 0.15) is 18.1 Å². The van der Waals surface area contributed by atoms with Gasteiger partial charge in [0.15, 0.2) is 0 Å². The molecule has 0 bridgehead atoms. The van der Waals surface area contributed by atoms with E-state index in [-0.39, 0.29) is 5.91 Å². The van der Waals surface area contributed by atoms with Crippen molar-refractivity contribution in [2.45, 2.75) is 13.5 Å². The maximum atomic E-state index is 13.1. The van der Waals surface area contributed by atoms with E-state index in [1.807, 2.05) is 60.4 Å². The first-order valence-electron chi connectivity index (χ1n) is 11.5. The summed E-state index contributed by atoms with van der Waals surface area (Å²) in [6.07, 6.45) is 0. The molecular weight excluding hydrogens is 436 g/mol. The van der Waals surface area contributed by atoms with Crippen molar-refractivity contribution in [2.24, 2.45) is 0 Å². The molecule has 1 saturated heterocycles. The minimum absolute atomic E-state index is 0.0220. The lowest BCUT2D eigenvalue weighted by Crippen LogP contribution is -2.48. The summed E-state index contributed by atoms with van der Waals surface area (Å²) in [5.41, 5.74) is 1.45. The highest BCUT2D eigenvalue weighted by atomic mass is 16.5. The molecule has 0 radical (unpaired) electrons. The number of carbonyl (C=O) groups is 1. The number of carbonyl (C=O) groups excluding carboxylic acids is 1. The average molecular weight is 467 g/mol. The van der Waals surface area contributed by atoms with Gasteiger partial charge in [-0.1, -0.05) is 17.3 Å². The molecule has 0 unspecified atom stereocenters. The van der Waals surface area contributed by atoms with Gasteiger partial charge < -0.3 is 23.6 Å². The van der Waals surface area contributed by atoms with Gasteiger partial charge in [-0.2, -0.15) is 4.98 Å². The fourth-order valence-corrected chi connectivity index (χ4v) is 3.77. The molecule has 2 heterocycles. The average Bonchev–Trinajstić information content (AvgIpc) is 3.35. The van der Waals surface area contributed by atoms with Crippen LogP contribution in [0.1, 0.15) is 23.2 Å². The highest BCUT2D eigenvalue weighted by Crippen LogP contribution is 2.22. The number of hydrogen-bond acceptors (Lipinski definition) is 8. The number of hydrogen-bond donors (Lipinski definition) is 0. The predicted molar refractivity (Wildman–Crippen MR) is 126 cm³/mol. The summed E-state index contributed by atoms with van der Waals surface area (Å²) < 4.78 is 21.7. The van der Waals surface area contributed by atoms with Crippen LogP contribution in [0.2, 0.25) is 0 Å². The largest absolute Gasteiger partial charge is 0.497 e. The normalized spacial score (nSPS) is 14.2. The number of rotatable bonds is 10. The number of para-hydroxylation sites is 1. The van der Waals surface area contributed by atoms with E-state index in [1.54, 1.807) is 7.11 Å². The van der Waals surface area contributed by atoms with Gasteiger partial charge >= 0.3 is 0 Å². The first-order valence-corrected chi connectivity index (χ1v) is 11.5. The van der Waals surface area contributed by atoms with Crippen molar-refractivity contribution in [1.82, 2.24) is 19.9 Å². The van der Waals surface area contributed by atoms with Crippen LogP contribution in [-0.4, -0.2) is 79.0 Å². The van der Waals surface area contributed by atoms with Crippen molar-refractivity contribution in [3.8, 4) is 22.9 Å². The van der Waals surface area contributed by atoms with Gasteiger partial charge in [-0.05, 0) is 43.3 Å². The third kappa shape index (κ3) is 5.92. The van der Waals surface area contributed by atoms with Crippen molar-refractivity contribution < 1.29 is 23.5 Å². The van der Waals surface area contributed by atoms with Gasteiger partial charge in [0.25, 0.3) is 5.91 Å². The number of aromatic nitrogens is 2. The highest BCUT2D eigenvalue weighted by molar-refractivity contribution is 5.97. The minimum atomic E-state index is -0.0220. The molecule has 9 heteroatoms. The number of nitrogens with zero attached hydrogens (tertiary/aromatic N) is 4. The van der Waals surface area contributed by atoms with Crippen molar-refractivity contribution in [3.05, 3.63) is 60.0 Å². The maximum Gasteiger partial charge on any atom is 0.257 e. The van der Waals surface area contributed by atoms with Crippen LogP contribution in [0.3, 0.4) is 0 Å². The predicted octanol–water partition coefficient (Wildman–Crippen LogP) is 3.12. The second-order valence-corrected chi connectivity index (χ2v) is 7.85. The molecule has 1 aromatic heterocycles. The molecule has 1 aliphatic heterocycles. The summed E-state index contributed by atoms with van der Waals surface area (Å²) in [5, 5.41) is 4.10. The number of amides is 1. The smallest absolute Gasteiger partial charge is 0.257 e. The summed E-state index contributed by atoms with van der Waals surface area (Å²) in [6.45, 7) is 6.70. The standard InChI is InChI=1S/C25H30N4O5/c1-3-32-16-17-33-22-7-5-4-6-21(22)25(30)29-14-12-28(13-15-29)18-23-26-24(27-34-23)19-8-10-20(31-2)11-9-19/h4-11H,3,12-18H2,1-2H3. The third-order valence-electron chi connectivity index (χ3n) is 5.64. The highest BCUT2D eigenvalue weighted by Gasteiger charge is 2.25. The third-order valence-corrected chi connectivity index (χ3v) is 5.64. The van der Waals surface area contributed by atoms with Crippen LogP contribution in [0.15, 0.2) is 53.1 Å². The number of benzene rings is 2. The molecule has 0 N–H and O–H groups in total. The van der Waals surface area contributed by atoms with Crippen LogP contribution in [-0.2, 0) is 11.3 Å². The molecule has 3 aromatic rings. The Morgan fingerprint density at radius 1 is 1.03 bits per heavy atom. The van der Waals surface area contributed by atoms with E-state index in [9.17, 15) is 4.79 Å². The fraction of sp³-hybridized carbons (Fsp3) is 0.400. The molecular formula is C25H30N4O5. The lowest BCUT2D eigenvalue weighted by molar-refractivity contribution is 0.0607. The molecule has 180 valence electrons. The molecule has 1 fully saturated rings. The zero-order valence-corrected chi connectivity index (χ0v) is 19.6. The Kier molecular flexibility index (Phi) is 8.11. The van der Waals surface area contributed by atoms with Crippen LogP contribution in [0.5, 0.6) is 11.5 Å². The van der Waals surface area contributed by atoms with Crippen LogP contribution in [0.25, 0.3) is 11.4 Å². The van der Waals surface area contributed by atoms with E-state index in [1.165, 1.54) is 0 Å². The second-order valence-electron chi connectivity index (χ2n) is 7.85. The lowest BCUT2D eigenvalue weighted by atomic mass is 10.1. The molecule has 0 atom stereocenters. The monoisotopic (exact) mass is 466 g/mol. The number of ether oxygens (including phenoxy) is 3. The first kappa shape index (κ1) is 23.7. The zero-order valence-electron chi connectivity index (χ0n) is 19.6. The van der Waals surface area contributed by atoms with E-state index in [2.05, 4.69) is 15.0 Å².